The van der Waals surface area contributed by atoms with Crippen LogP contribution in [0.1, 0.15) is 32.8 Å². The van der Waals surface area contributed by atoms with Crippen LogP contribution in [0, 0.1) is 18.8 Å². The summed E-state index contributed by atoms with van der Waals surface area (Å²) >= 11 is 0. The van der Waals surface area contributed by atoms with Gasteiger partial charge in [0.05, 0.1) is 18.8 Å². The molecule has 1 heterocycles. The number of nitrogens with zero attached hydrogens (tertiary/aromatic N) is 1. The third-order valence-corrected chi connectivity index (χ3v) is 4.44. The van der Waals surface area contributed by atoms with E-state index in [9.17, 15) is 4.79 Å². The quantitative estimate of drug-likeness (QED) is 0.928. The number of ether oxygens (including phenoxy) is 1. The van der Waals surface area contributed by atoms with E-state index in [2.05, 4.69) is 24.1 Å². The summed E-state index contributed by atoms with van der Waals surface area (Å²) in [6.45, 7) is 10.5. The van der Waals surface area contributed by atoms with Crippen LogP contribution in [0.15, 0.2) is 18.2 Å². The Morgan fingerprint density at radius 2 is 1.95 bits per heavy atom. The molecule has 0 bridgehead atoms. The number of methoxy groups -OCH3 is 1. The van der Waals surface area contributed by atoms with Crippen LogP contribution >= 0.6 is 0 Å². The molecule has 3 atom stereocenters. The van der Waals surface area contributed by atoms with Gasteiger partial charge in [-0.1, -0.05) is 19.9 Å². The van der Waals surface area contributed by atoms with Crippen molar-refractivity contribution >= 4 is 11.6 Å². The molecule has 1 aromatic carbocycles. The standard InChI is InChI=1S/C18H28N2O2/c1-12-6-7-17(22-5)16(9-12)19-18(21)15(4)20-10-13(2)8-14(3)11-20/h6-7,9,13-15H,8,10-11H2,1-5H3,(H,19,21)/t13-,14+,15-/m1/s1. The molecule has 1 aromatic rings. The molecule has 122 valence electrons. The van der Waals surface area contributed by atoms with Gasteiger partial charge >= 0.3 is 0 Å². The molecule has 0 saturated carbocycles. The van der Waals surface area contributed by atoms with Crippen molar-refractivity contribution in [3.8, 4) is 5.75 Å². The number of benzene rings is 1. The summed E-state index contributed by atoms with van der Waals surface area (Å²) < 4.78 is 5.33. The number of rotatable bonds is 4. The highest BCUT2D eigenvalue weighted by Crippen LogP contribution is 2.27. The highest BCUT2D eigenvalue weighted by Gasteiger charge is 2.29. The highest BCUT2D eigenvalue weighted by molar-refractivity contribution is 5.95. The summed E-state index contributed by atoms with van der Waals surface area (Å²) in [6, 6.07) is 5.69. The van der Waals surface area contributed by atoms with Crippen LogP contribution in [0.5, 0.6) is 5.75 Å². The average molecular weight is 304 g/mol. The van der Waals surface area contributed by atoms with E-state index in [4.69, 9.17) is 4.74 Å². The number of aryl methyl sites for hydroxylation is 1. The van der Waals surface area contributed by atoms with Crippen molar-refractivity contribution < 1.29 is 9.53 Å². The Morgan fingerprint density at radius 3 is 2.55 bits per heavy atom. The lowest BCUT2D eigenvalue weighted by atomic mass is 9.91. The van der Waals surface area contributed by atoms with Gasteiger partial charge in [0.15, 0.2) is 0 Å². The minimum atomic E-state index is -0.129. The number of carbonyl (C=O) groups excluding carboxylic acids is 1. The van der Waals surface area contributed by atoms with Crippen molar-refractivity contribution in [3.63, 3.8) is 0 Å². The zero-order valence-electron chi connectivity index (χ0n) is 14.3. The lowest BCUT2D eigenvalue weighted by Crippen LogP contribution is -2.48. The molecule has 1 amide bonds. The Morgan fingerprint density at radius 1 is 1.32 bits per heavy atom. The Bertz CT molecular complexity index is 520. The van der Waals surface area contributed by atoms with Gasteiger partial charge in [0.25, 0.3) is 0 Å². The molecule has 1 aliphatic heterocycles. The number of carbonyl (C=O) groups is 1. The number of amides is 1. The summed E-state index contributed by atoms with van der Waals surface area (Å²) in [5.74, 6) is 2.02. The number of piperidine rings is 1. The van der Waals surface area contributed by atoms with Crippen molar-refractivity contribution in [2.45, 2.75) is 40.2 Å². The van der Waals surface area contributed by atoms with E-state index in [1.807, 2.05) is 32.0 Å². The molecular weight excluding hydrogens is 276 g/mol. The minimum Gasteiger partial charge on any atom is -0.495 e. The molecule has 0 aliphatic carbocycles. The van der Waals surface area contributed by atoms with Crippen LogP contribution in [-0.4, -0.2) is 37.0 Å². The van der Waals surface area contributed by atoms with E-state index in [1.54, 1.807) is 7.11 Å². The molecule has 0 unspecified atom stereocenters. The van der Waals surface area contributed by atoms with Crippen LogP contribution in [0.4, 0.5) is 5.69 Å². The molecule has 2 rings (SSSR count). The Hall–Kier alpha value is -1.55. The topological polar surface area (TPSA) is 41.6 Å². The van der Waals surface area contributed by atoms with Crippen LogP contribution in [0.2, 0.25) is 0 Å². The van der Waals surface area contributed by atoms with Crippen molar-refractivity contribution in [1.29, 1.82) is 0 Å². The molecule has 4 heteroatoms. The van der Waals surface area contributed by atoms with Gasteiger partial charge in [-0.25, -0.2) is 0 Å². The molecule has 1 saturated heterocycles. The van der Waals surface area contributed by atoms with Gasteiger partial charge in [0, 0.05) is 13.1 Å². The second kappa shape index (κ2) is 7.14. The predicted octanol–water partition coefficient (Wildman–Crippen LogP) is 3.31. The van der Waals surface area contributed by atoms with E-state index in [1.165, 1.54) is 6.42 Å². The van der Waals surface area contributed by atoms with Gasteiger partial charge in [0.2, 0.25) is 5.91 Å². The maximum atomic E-state index is 12.6. The van der Waals surface area contributed by atoms with E-state index in [0.29, 0.717) is 17.6 Å². The molecular formula is C18H28N2O2. The first-order valence-corrected chi connectivity index (χ1v) is 8.10. The zero-order valence-corrected chi connectivity index (χ0v) is 14.3. The van der Waals surface area contributed by atoms with Crippen LogP contribution in [0.25, 0.3) is 0 Å². The fraction of sp³-hybridized carbons (Fsp3) is 0.611. The second-order valence-corrected chi connectivity index (χ2v) is 6.77. The van der Waals surface area contributed by atoms with Gasteiger partial charge in [-0.3, -0.25) is 9.69 Å². The summed E-state index contributed by atoms with van der Waals surface area (Å²) in [5, 5.41) is 3.02. The molecule has 0 radical (unpaired) electrons. The van der Waals surface area contributed by atoms with Crippen LogP contribution < -0.4 is 10.1 Å². The largest absolute Gasteiger partial charge is 0.495 e. The number of hydrogen-bond acceptors (Lipinski definition) is 3. The highest BCUT2D eigenvalue weighted by atomic mass is 16.5. The fourth-order valence-corrected chi connectivity index (χ4v) is 3.35. The SMILES string of the molecule is COc1ccc(C)cc1NC(=O)[C@@H](C)N1C[C@H](C)C[C@H](C)C1. The molecule has 4 nitrogen and oxygen atoms in total. The first kappa shape index (κ1) is 16.8. The monoisotopic (exact) mass is 304 g/mol. The van der Waals surface area contributed by atoms with E-state index < -0.39 is 0 Å². The Kier molecular flexibility index (Phi) is 5.46. The van der Waals surface area contributed by atoms with E-state index in [0.717, 1.165) is 24.3 Å². The summed E-state index contributed by atoms with van der Waals surface area (Å²) in [4.78, 5) is 14.9. The van der Waals surface area contributed by atoms with Gasteiger partial charge in [-0.05, 0) is 49.8 Å². The number of nitrogens with one attached hydrogen (secondary N) is 1. The third-order valence-electron chi connectivity index (χ3n) is 4.44. The molecule has 0 spiro atoms. The fourth-order valence-electron chi connectivity index (χ4n) is 3.35. The maximum Gasteiger partial charge on any atom is 0.241 e. The van der Waals surface area contributed by atoms with Gasteiger partial charge in [-0.2, -0.15) is 0 Å². The lowest BCUT2D eigenvalue weighted by molar-refractivity contribution is -0.121. The third kappa shape index (κ3) is 4.01. The number of hydrogen-bond donors (Lipinski definition) is 1. The first-order valence-electron chi connectivity index (χ1n) is 8.10. The molecule has 1 fully saturated rings. The van der Waals surface area contributed by atoms with Crippen molar-refractivity contribution in [2.24, 2.45) is 11.8 Å². The number of likely N-dealkylation sites (tertiary alicyclic amines) is 1. The lowest BCUT2D eigenvalue weighted by Gasteiger charge is -2.38. The maximum absolute atomic E-state index is 12.6. The van der Waals surface area contributed by atoms with Crippen molar-refractivity contribution in [2.75, 3.05) is 25.5 Å². The number of anilines is 1. The predicted molar refractivity (Wildman–Crippen MR) is 90.3 cm³/mol. The Balaban J connectivity index is 2.07. The van der Waals surface area contributed by atoms with Crippen molar-refractivity contribution in [1.82, 2.24) is 4.90 Å². The molecule has 1 aliphatic rings. The zero-order chi connectivity index (χ0) is 16.3. The van der Waals surface area contributed by atoms with Gasteiger partial charge in [0.1, 0.15) is 5.75 Å². The summed E-state index contributed by atoms with van der Waals surface area (Å²) in [6.07, 6.45) is 1.25. The molecule has 0 aromatic heterocycles. The average Bonchev–Trinajstić information content (AvgIpc) is 2.45. The van der Waals surface area contributed by atoms with Crippen LogP contribution in [0.3, 0.4) is 0 Å². The Labute approximate surface area is 133 Å². The van der Waals surface area contributed by atoms with Crippen molar-refractivity contribution in [3.05, 3.63) is 23.8 Å². The smallest absolute Gasteiger partial charge is 0.241 e. The minimum absolute atomic E-state index is 0.0326. The van der Waals surface area contributed by atoms with E-state index in [-0.39, 0.29) is 11.9 Å². The van der Waals surface area contributed by atoms with E-state index >= 15 is 0 Å². The van der Waals surface area contributed by atoms with Gasteiger partial charge < -0.3 is 10.1 Å². The first-order chi connectivity index (χ1) is 10.4. The summed E-state index contributed by atoms with van der Waals surface area (Å²) in [5.41, 5.74) is 1.85. The molecule has 22 heavy (non-hydrogen) atoms. The summed E-state index contributed by atoms with van der Waals surface area (Å²) in [7, 11) is 1.62. The van der Waals surface area contributed by atoms with Crippen LogP contribution in [-0.2, 0) is 4.79 Å². The van der Waals surface area contributed by atoms with Gasteiger partial charge in [-0.15, -0.1) is 0 Å². The normalized spacial score (nSPS) is 23.9. The second-order valence-electron chi connectivity index (χ2n) is 6.77. The molecule has 1 N–H and O–H groups in total.